The van der Waals surface area contributed by atoms with Crippen molar-refractivity contribution < 1.29 is 0 Å². The summed E-state index contributed by atoms with van der Waals surface area (Å²) in [6.45, 7) is 0. The van der Waals surface area contributed by atoms with Gasteiger partial charge in [-0.25, -0.2) is 0 Å². The molecule has 0 bridgehead atoms. The van der Waals surface area contributed by atoms with E-state index in [4.69, 9.17) is 0 Å². The number of benzene rings is 4. The first-order chi connectivity index (χ1) is 13.8. The summed E-state index contributed by atoms with van der Waals surface area (Å²) in [6.07, 6.45) is 2.91. The highest BCUT2D eigenvalue weighted by Crippen LogP contribution is 2.50. The maximum atomic E-state index is 2.53. The molecule has 2 fully saturated rings. The third-order valence-corrected chi connectivity index (χ3v) is 27.6. The van der Waals surface area contributed by atoms with Crippen molar-refractivity contribution >= 4 is 47.1 Å². The molecule has 138 valence electrons. The largest absolute Gasteiger partial charge is 0.0864 e. The second-order valence-electron chi connectivity index (χ2n) is 8.92. The highest BCUT2D eigenvalue weighted by Gasteiger charge is 2.62. The lowest BCUT2D eigenvalue weighted by Crippen LogP contribution is -2.80. The standard InChI is InChI=1S/C26H26Si2/c1-3-13-23-21(9-1)11-5-15-25(23)27(17-7-18-27)28(19-8-20-28)26-16-6-12-22-10-2-4-14-24(22)26/h1-6,9-16H,7-8,17-20H2. The first-order valence-corrected chi connectivity index (χ1v) is 16.6. The average Bonchev–Trinajstić information content (AvgIpc) is 2.69. The minimum absolute atomic E-state index is 1.44. The van der Waals surface area contributed by atoms with Crippen LogP contribution in [0, 0.1) is 0 Å². The predicted molar refractivity (Wildman–Crippen MR) is 127 cm³/mol. The molecule has 0 amide bonds. The van der Waals surface area contributed by atoms with Crippen LogP contribution in [0.1, 0.15) is 12.8 Å². The van der Waals surface area contributed by atoms with Gasteiger partial charge in [0.15, 0.2) is 0 Å². The van der Waals surface area contributed by atoms with Crippen molar-refractivity contribution in [2.75, 3.05) is 0 Å². The van der Waals surface area contributed by atoms with Gasteiger partial charge >= 0.3 is 0 Å². The third kappa shape index (κ3) is 2.10. The van der Waals surface area contributed by atoms with Crippen molar-refractivity contribution in [3.05, 3.63) is 84.9 Å². The minimum Gasteiger partial charge on any atom is -0.0626 e. The van der Waals surface area contributed by atoms with Gasteiger partial charge in [-0.3, -0.25) is 0 Å². The molecule has 0 saturated carbocycles. The Balaban J connectivity index is 1.63. The second kappa shape index (κ2) is 6.17. The van der Waals surface area contributed by atoms with Crippen LogP contribution >= 0.6 is 0 Å². The van der Waals surface area contributed by atoms with E-state index in [-0.39, 0.29) is 0 Å². The molecule has 0 aliphatic carbocycles. The van der Waals surface area contributed by atoms with Crippen LogP contribution in [0.3, 0.4) is 0 Å². The van der Waals surface area contributed by atoms with Gasteiger partial charge in [0, 0.05) is 0 Å². The zero-order valence-electron chi connectivity index (χ0n) is 16.3. The van der Waals surface area contributed by atoms with Crippen LogP contribution in [0.5, 0.6) is 0 Å². The number of rotatable bonds is 3. The minimum atomic E-state index is -1.47. The van der Waals surface area contributed by atoms with E-state index in [2.05, 4.69) is 84.9 Å². The van der Waals surface area contributed by atoms with Crippen LogP contribution in [0.15, 0.2) is 84.9 Å². The fraction of sp³-hybridized carbons (Fsp3) is 0.231. The van der Waals surface area contributed by atoms with Gasteiger partial charge in [0.2, 0.25) is 0 Å². The van der Waals surface area contributed by atoms with Gasteiger partial charge in [-0.15, -0.1) is 0 Å². The van der Waals surface area contributed by atoms with Gasteiger partial charge in [0.1, 0.15) is 0 Å². The molecule has 0 nitrogen and oxygen atoms in total. The quantitative estimate of drug-likeness (QED) is 0.380. The van der Waals surface area contributed by atoms with E-state index in [1.165, 1.54) is 47.8 Å². The first-order valence-electron chi connectivity index (χ1n) is 10.8. The molecule has 2 aliphatic rings. The summed E-state index contributed by atoms with van der Waals surface area (Å²) < 4.78 is 0. The summed E-state index contributed by atoms with van der Waals surface area (Å²) in [6, 6.07) is 38.8. The Labute approximate surface area is 169 Å². The maximum Gasteiger partial charge on any atom is 0.0864 e. The van der Waals surface area contributed by atoms with E-state index in [1.807, 2.05) is 0 Å². The summed E-state index contributed by atoms with van der Waals surface area (Å²) >= 11 is 0. The molecule has 0 N–H and O–H groups in total. The summed E-state index contributed by atoms with van der Waals surface area (Å²) in [4.78, 5) is 0. The Morgan fingerprint density at radius 1 is 0.429 bits per heavy atom. The Kier molecular flexibility index (Phi) is 3.69. The van der Waals surface area contributed by atoms with Crippen LogP contribution in [0.25, 0.3) is 21.5 Å². The van der Waals surface area contributed by atoms with Gasteiger partial charge in [0.25, 0.3) is 0 Å². The van der Waals surface area contributed by atoms with E-state index in [0.29, 0.717) is 0 Å². The summed E-state index contributed by atoms with van der Waals surface area (Å²) in [5.41, 5.74) is 0. The normalized spacial score (nSPS) is 19.9. The van der Waals surface area contributed by atoms with E-state index in [1.54, 1.807) is 21.1 Å². The molecule has 0 aromatic heterocycles. The number of hydrogen-bond acceptors (Lipinski definition) is 0. The highest BCUT2D eigenvalue weighted by molar-refractivity contribution is 7.53. The molecule has 2 aliphatic heterocycles. The van der Waals surface area contributed by atoms with Gasteiger partial charge < -0.3 is 0 Å². The third-order valence-electron chi connectivity index (χ3n) is 7.94. The molecule has 0 atom stereocenters. The fourth-order valence-electron chi connectivity index (χ4n) is 6.36. The molecule has 0 radical (unpaired) electrons. The lowest BCUT2D eigenvalue weighted by molar-refractivity contribution is 0.885. The molecule has 2 heterocycles. The van der Waals surface area contributed by atoms with Gasteiger partial charge in [0.05, 0.1) is 15.2 Å². The lowest BCUT2D eigenvalue weighted by Gasteiger charge is -2.59. The van der Waals surface area contributed by atoms with Gasteiger partial charge in [-0.05, 0) is 21.5 Å². The first kappa shape index (κ1) is 16.8. The summed E-state index contributed by atoms with van der Waals surface area (Å²) in [7, 11) is -2.94. The molecule has 2 heteroatoms. The molecule has 0 spiro atoms. The second-order valence-corrected chi connectivity index (χ2v) is 22.1. The van der Waals surface area contributed by atoms with Gasteiger partial charge in [-0.1, -0.05) is 132 Å². The molecular formula is C26H26Si2. The van der Waals surface area contributed by atoms with E-state index < -0.39 is 15.2 Å². The predicted octanol–water partition coefficient (Wildman–Crippen LogP) is 5.89. The maximum absolute atomic E-state index is 2.53. The molecule has 0 unspecified atom stereocenters. The number of fused-ring (bicyclic) bond motifs is 2. The Morgan fingerprint density at radius 2 is 0.821 bits per heavy atom. The van der Waals surface area contributed by atoms with Crippen LogP contribution in [0.4, 0.5) is 0 Å². The fourth-order valence-corrected chi connectivity index (χ4v) is 27.1. The lowest BCUT2D eigenvalue weighted by atomic mass is 10.1. The number of hydrogen-bond donors (Lipinski definition) is 0. The van der Waals surface area contributed by atoms with Crippen molar-refractivity contribution in [2.45, 2.75) is 37.0 Å². The molecule has 2 saturated heterocycles. The van der Waals surface area contributed by atoms with Crippen molar-refractivity contribution in [1.82, 2.24) is 0 Å². The summed E-state index contributed by atoms with van der Waals surface area (Å²) in [5, 5.41) is 9.62. The zero-order valence-corrected chi connectivity index (χ0v) is 18.3. The van der Waals surface area contributed by atoms with E-state index >= 15 is 0 Å². The van der Waals surface area contributed by atoms with E-state index in [0.717, 1.165) is 0 Å². The average molecular weight is 395 g/mol. The molecule has 6 rings (SSSR count). The molecule has 28 heavy (non-hydrogen) atoms. The summed E-state index contributed by atoms with van der Waals surface area (Å²) in [5.74, 6) is 0. The van der Waals surface area contributed by atoms with Crippen LogP contribution in [-0.2, 0) is 0 Å². The molecular weight excluding hydrogens is 368 g/mol. The van der Waals surface area contributed by atoms with E-state index in [9.17, 15) is 0 Å². The Hall–Kier alpha value is -2.17. The van der Waals surface area contributed by atoms with Crippen molar-refractivity contribution in [3.8, 4) is 0 Å². The van der Waals surface area contributed by atoms with Crippen LogP contribution in [0.2, 0.25) is 24.2 Å². The van der Waals surface area contributed by atoms with Crippen LogP contribution in [-0.4, -0.2) is 15.2 Å². The SMILES string of the molecule is c1ccc2c([Si]3([Si]4(c5cccc6ccccc56)CCC4)CCC3)cccc2c1. The van der Waals surface area contributed by atoms with Crippen molar-refractivity contribution in [2.24, 2.45) is 0 Å². The molecule has 4 aromatic rings. The van der Waals surface area contributed by atoms with Crippen molar-refractivity contribution in [1.29, 1.82) is 0 Å². The Morgan fingerprint density at radius 3 is 1.21 bits per heavy atom. The zero-order chi connectivity index (χ0) is 18.6. The smallest absolute Gasteiger partial charge is 0.0626 e. The molecule has 4 aromatic carbocycles. The monoisotopic (exact) mass is 394 g/mol. The topological polar surface area (TPSA) is 0 Å². The van der Waals surface area contributed by atoms with Crippen LogP contribution < -0.4 is 10.4 Å². The Bertz CT molecular complexity index is 1080. The highest BCUT2D eigenvalue weighted by atomic mass is 29.3. The van der Waals surface area contributed by atoms with Crippen molar-refractivity contribution in [3.63, 3.8) is 0 Å². The van der Waals surface area contributed by atoms with Gasteiger partial charge in [-0.2, -0.15) is 0 Å².